The lowest BCUT2D eigenvalue weighted by Crippen LogP contribution is -2.19. The zero-order chi connectivity index (χ0) is 13.9. The van der Waals surface area contributed by atoms with Gasteiger partial charge in [-0.1, -0.05) is 12.1 Å². The van der Waals surface area contributed by atoms with E-state index in [-0.39, 0.29) is 18.2 Å². The van der Waals surface area contributed by atoms with Crippen molar-refractivity contribution in [1.29, 1.82) is 0 Å². The van der Waals surface area contributed by atoms with Crippen molar-refractivity contribution in [3.05, 3.63) is 42.1 Å². The summed E-state index contributed by atoms with van der Waals surface area (Å²) in [5.74, 6) is -0.313. The molecule has 2 aromatic rings. The number of esters is 1. The highest BCUT2D eigenvalue weighted by Crippen LogP contribution is 2.21. The van der Waals surface area contributed by atoms with Gasteiger partial charge in [-0.2, -0.15) is 0 Å². The molecule has 0 unspecified atom stereocenters. The average molecular weight is 271 g/mol. The minimum Gasteiger partial charge on any atom is -0.459 e. The van der Waals surface area contributed by atoms with Crippen LogP contribution in [-0.4, -0.2) is 29.8 Å². The lowest BCUT2D eigenvalue weighted by Gasteiger charge is -2.12. The summed E-state index contributed by atoms with van der Waals surface area (Å²) < 4.78 is 11.0. The van der Waals surface area contributed by atoms with E-state index in [1.807, 2.05) is 31.2 Å². The third kappa shape index (κ3) is 2.65. The van der Waals surface area contributed by atoms with Crippen molar-refractivity contribution in [2.75, 3.05) is 6.61 Å². The van der Waals surface area contributed by atoms with Gasteiger partial charge in [0.25, 0.3) is 0 Å². The number of carbonyl (C=O) groups excluding carboxylic acids is 1. The van der Waals surface area contributed by atoms with E-state index in [0.717, 1.165) is 23.7 Å². The van der Waals surface area contributed by atoms with Crippen molar-refractivity contribution in [2.24, 2.45) is 0 Å². The van der Waals surface area contributed by atoms with Gasteiger partial charge in [0, 0.05) is 11.6 Å². The number of nitrogens with zero attached hydrogens (tertiary/aromatic N) is 1. The molecule has 2 heterocycles. The second-order valence-electron chi connectivity index (χ2n) is 5.12. The Morgan fingerprint density at radius 2 is 2.25 bits per heavy atom. The van der Waals surface area contributed by atoms with Gasteiger partial charge in [-0.15, -0.1) is 0 Å². The van der Waals surface area contributed by atoms with Gasteiger partial charge in [0.1, 0.15) is 6.61 Å². The molecular weight excluding hydrogens is 254 g/mol. The summed E-state index contributed by atoms with van der Waals surface area (Å²) in [6.45, 7) is 2.36. The Labute approximate surface area is 117 Å². The molecule has 1 fully saturated rings. The Morgan fingerprint density at radius 3 is 3.05 bits per heavy atom. The van der Waals surface area contributed by atoms with Crippen LogP contribution >= 0.6 is 0 Å². The first-order chi connectivity index (χ1) is 9.74. The predicted octanol–water partition coefficient (Wildman–Crippen LogP) is 2.96. The molecule has 1 aromatic heterocycles. The normalized spacial score (nSPS) is 22.1. The molecular formula is C16H17NO3. The second kappa shape index (κ2) is 5.59. The van der Waals surface area contributed by atoms with Crippen LogP contribution in [0.2, 0.25) is 0 Å². The van der Waals surface area contributed by atoms with Crippen molar-refractivity contribution >= 4 is 16.9 Å². The molecule has 4 heteroatoms. The Balaban J connectivity index is 1.72. The summed E-state index contributed by atoms with van der Waals surface area (Å²) in [7, 11) is 0. The van der Waals surface area contributed by atoms with Crippen LogP contribution in [0.5, 0.6) is 0 Å². The maximum absolute atomic E-state index is 12.2. The van der Waals surface area contributed by atoms with Crippen LogP contribution in [0.4, 0.5) is 0 Å². The number of hydrogen-bond acceptors (Lipinski definition) is 4. The summed E-state index contributed by atoms with van der Waals surface area (Å²) in [4.78, 5) is 16.4. The molecule has 0 saturated carbocycles. The van der Waals surface area contributed by atoms with E-state index >= 15 is 0 Å². The van der Waals surface area contributed by atoms with Crippen LogP contribution in [0, 0.1) is 0 Å². The second-order valence-corrected chi connectivity index (χ2v) is 5.12. The monoisotopic (exact) mass is 271 g/mol. The third-order valence-corrected chi connectivity index (χ3v) is 3.59. The molecule has 3 rings (SSSR count). The lowest BCUT2D eigenvalue weighted by atomic mass is 10.1. The summed E-state index contributed by atoms with van der Waals surface area (Å²) >= 11 is 0. The van der Waals surface area contributed by atoms with E-state index in [1.54, 1.807) is 12.3 Å². The van der Waals surface area contributed by atoms with Crippen LogP contribution in [-0.2, 0) is 9.47 Å². The van der Waals surface area contributed by atoms with Crippen molar-refractivity contribution in [3.8, 4) is 0 Å². The van der Waals surface area contributed by atoms with Gasteiger partial charge >= 0.3 is 5.97 Å². The van der Waals surface area contributed by atoms with Crippen LogP contribution in [0.25, 0.3) is 10.9 Å². The molecule has 1 aliphatic heterocycles. The van der Waals surface area contributed by atoms with E-state index in [1.165, 1.54) is 0 Å². The van der Waals surface area contributed by atoms with Crippen molar-refractivity contribution in [1.82, 2.24) is 4.98 Å². The van der Waals surface area contributed by atoms with Crippen LogP contribution in [0.15, 0.2) is 36.5 Å². The lowest BCUT2D eigenvalue weighted by molar-refractivity contribution is -0.00254. The van der Waals surface area contributed by atoms with Crippen LogP contribution in [0.3, 0.4) is 0 Å². The zero-order valence-corrected chi connectivity index (χ0v) is 11.4. The maximum Gasteiger partial charge on any atom is 0.338 e. The molecule has 0 spiro atoms. The predicted molar refractivity (Wildman–Crippen MR) is 75.6 cm³/mol. The van der Waals surface area contributed by atoms with Crippen LogP contribution in [0.1, 0.15) is 30.1 Å². The molecule has 4 nitrogen and oxygen atoms in total. The molecule has 0 aliphatic carbocycles. The fourth-order valence-corrected chi connectivity index (χ4v) is 2.54. The first-order valence-corrected chi connectivity index (χ1v) is 6.90. The first kappa shape index (κ1) is 13.1. The fourth-order valence-electron chi connectivity index (χ4n) is 2.54. The first-order valence-electron chi connectivity index (χ1n) is 6.90. The standard InChI is InChI=1S/C16H17NO3/c1-11-7-8-12(20-11)10-19-16(18)14-4-2-6-15-13(14)5-3-9-17-15/h2-6,9,11-12H,7-8,10H2,1H3/t11-,12-/m1/s1. The minimum absolute atomic E-state index is 0.0297. The highest BCUT2D eigenvalue weighted by Gasteiger charge is 2.23. The van der Waals surface area contributed by atoms with Gasteiger partial charge < -0.3 is 9.47 Å². The third-order valence-electron chi connectivity index (χ3n) is 3.59. The summed E-state index contributed by atoms with van der Waals surface area (Å²) in [6.07, 6.45) is 3.99. The van der Waals surface area contributed by atoms with Gasteiger partial charge in [0.05, 0.1) is 23.3 Å². The molecule has 0 amide bonds. The Hall–Kier alpha value is -1.94. The Bertz CT molecular complexity index is 621. The van der Waals surface area contributed by atoms with Crippen LogP contribution < -0.4 is 0 Å². The van der Waals surface area contributed by atoms with E-state index in [2.05, 4.69) is 4.98 Å². The number of pyridine rings is 1. The zero-order valence-electron chi connectivity index (χ0n) is 11.4. The molecule has 0 radical (unpaired) electrons. The van der Waals surface area contributed by atoms with Crippen molar-refractivity contribution in [3.63, 3.8) is 0 Å². The molecule has 1 aliphatic rings. The highest BCUT2D eigenvalue weighted by molar-refractivity contribution is 6.03. The quantitative estimate of drug-likeness (QED) is 0.805. The van der Waals surface area contributed by atoms with E-state index in [0.29, 0.717) is 12.2 Å². The summed E-state index contributed by atoms with van der Waals surface area (Å²) in [5, 5.41) is 0.820. The minimum atomic E-state index is -0.313. The average Bonchev–Trinajstić information content (AvgIpc) is 2.90. The molecule has 104 valence electrons. The smallest absolute Gasteiger partial charge is 0.338 e. The SMILES string of the molecule is C[C@@H]1CC[C@H](COC(=O)c2cccc3ncccc23)O1. The van der Waals surface area contributed by atoms with Gasteiger partial charge in [-0.25, -0.2) is 4.79 Å². The highest BCUT2D eigenvalue weighted by atomic mass is 16.6. The van der Waals surface area contributed by atoms with Crippen molar-refractivity contribution in [2.45, 2.75) is 32.0 Å². The molecule has 1 saturated heterocycles. The number of hydrogen-bond donors (Lipinski definition) is 0. The van der Waals surface area contributed by atoms with Gasteiger partial charge in [0.2, 0.25) is 0 Å². The number of benzene rings is 1. The topological polar surface area (TPSA) is 48.4 Å². The molecule has 0 bridgehead atoms. The van der Waals surface area contributed by atoms with Gasteiger partial charge in [-0.05, 0) is 38.0 Å². The molecule has 2 atom stereocenters. The number of carbonyl (C=O) groups is 1. The van der Waals surface area contributed by atoms with E-state index < -0.39 is 0 Å². The largest absolute Gasteiger partial charge is 0.459 e. The Kier molecular flexibility index (Phi) is 3.65. The fraction of sp³-hybridized carbons (Fsp3) is 0.375. The summed E-state index contributed by atoms with van der Waals surface area (Å²) in [6, 6.07) is 9.17. The molecule has 1 aromatic carbocycles. The van der Waals surface area contributed by atoms with Gasteiger partial charge in [0.15, 0.2) is 0 Å². The molecule has 0 N–H and O–H groups in total. The van der Waals surface area contributed by atoms with Crippen molar-refractivity contribution < 1.29 is 14.3 Å². The number of rotatable bonds is 3. The number of ether oxygens (including phenoxy) is 2. The summed E-state index contributed by atoms with van der Waals surface area (Å²) in [5.41, 5.74) is 1.36. The number of aromatic nitrogens is 1. The number of fused-ring (bicyclic) bond motifs is 1. The Morgan fingerprint density at radius 1 is 1.35 bits per heavy atom. The molecule has 20 heavy (non-hydrogen) atoms. The van der Waals surface area contributed by atoms with E-state index in [4.69, 9.17) is 9.47 Å². The van der Waals surface area contributed by atoms with Gasteiger partial charge in [-0.3, -0.25) is 4.98 Å². The van der Waals surface area contributed by atoms with E-state index in [9.17, 15) is 4.79 Å². The maximum atomic E-state index is 12.2.